The normalized spacial score (nSPS) is 12.9. The molecule has 4 heteroatoms. The lowest BCUT2D eigenvalue weighted by Crippen LogP contribution is -2.36. The second-order valence-electron chi connectivity index (χ2n) is 9.77. The predicted octanol–water partition coefficient (Wildman–Crippen LogP) is 7.03. The van der Waals surface area contributed by atoms with Gasteiger partial charge in [0.15, 0.2) is 6.04 Å². The van der Waals surface area contributed by atoms with Gasteiger partial charge in [0.05, 0.1) is 12.3 Å². The van der Waals surface area contributed by atoms with Crippen molar-refractivity contribution in [1.29, 1.82) is 0 Å². The summed E-state index contributed by atoms with van der Waals surface area (Å²) in [4.78, 5) is 18.5. The van der Waals surface area contributed by atoms with Crippen molar-refractivity contribution in [2.24, 2.45) is 10.9 Å². The molecule has 0 saturated carbocycles. The van der Waals surface area contributed by atoms with E-state index in [0.29, 0.717) is 19.6 Å². The molecule has 3 aromatic carbocycles. The van der Waals surface area contributed by atoms with Gasteiger partial charge in [0.1, 0.15) is 5.60 Å². The van der Waals surface area contributed by atoms with Gasteiger partial charge in [-0.05, 0) is 39.2 Å². The van der Waals surface area contributed by atoms with Crippen molar-refractivity contribution < 1.29 is 14.3 Å². The Bertz CT molecular complexity index is 1060. The number of hydrogen-bond acceptors (Lipinski definition) is 4. The highest BCUT2D eigenvalue weighted by Gasteiger charge is 2.31. The number of carbonyl (C=O) groups excluding carboxylic acids is 1. The monoisotopic (exact) mass is 483 g/mol. The molecule has 0 radical (unpaired) electrons. The highest BCUT2D eigenvalue weighted by Crippen LogP contribution is 2.23. The minimum Gasteiger partial charge on any atom is -0.458 e. The number of esters is 1. The summed E-state index contributed by atoms with van der Waals surface area (Å²) in [6.07, 6.45) is 3.32. The standard InChI is InChI=1S/C32H37NO3/c1-5-26(22-15-23-35-24-25-16-9-6-10-17-25)30(31(34)36-32(2,3)4)33-29(27-18-11-7-12-19-27)28-20-13-8-14-21-28/h5-14,16-21,26,30H,1,15,22-24H2,2-4H3/t26-,30+/m1/s1. The van der Waals surface area contributed by atoms with Crippen LogP contribution in [0, 0.1) is 5.92 Å². The SMILES string of the molecule is C=C[C@H](CCCOCc1ccccc1)[C@H](N=C(c1ccccc1)c1ccccc1)C(=O)OC(C)(C)C. The molecule has 0 bridgehead atoms. The first-order valence-electron chi connectivity index (χ1n) is 12.5. The first-order valence-corrected chi connectivity index (χ1v) is 12.5. The quantitative estimate of drug-likeness (QED) is 0.120. The van der Waals surface area contributed by atoms with E-state index in [1.54, 1.807) is 0 Å². The highest BCUT2D eigenvalue weighted by molar-refractivity contribution is 6.13. The van der Waals surface area contributed by atoms with Gasteiger partial charge in [0.2, 0.25) is 0 Å². The Hall–Kier alpha value is -3.50. The molecule has 0 aliphatic carbocycles. The number of nitrogens with zero attached hydrogens (tertiary/aromatic N) is 1. The second kappa shape index (κ2) is 13.6. The maximum Gasteiger partial charge on any atom is 0.332 e. The minimum atomic E-state index is -0.716. The van der Waals surface area contributed by atoms with Crippen LogP contribution in [0.5, 0.6) is 0 Å². The third-order valence-electron chi connectivity index (χ3n) is 5.66. The molecule has 0 unspecified atom stereocenters. The van der Waals surface area contributed by atoms with Crippen LogP contribution in [-0.2, 0) is 20.9 Å². The van der Waals surface area contributed by atoms with Crippen molar-refractivity contribution in [3.8, 4) is 0 Å². The van der Waals surface area contributed by atoms with Crippen LogP contribution in [0.1, 0.15) is 50.3 Å². The summed E-state index contributed by atoms with van der Waals surface area (Å²) in [5.74, 6) is -0.537. The summed E-state index contributed by atoms with van der Waals surface area (Å²) < 4.78 is 11.7. The van der Waals surface area contributed by atoms with Crippen molar-refractivity contribution in [2.45, 2.75) is 51.9 Å². The number of rotatable bonds is 12. The van der Waals surface area contributed by atoms with Crippen LogP contribution in [0.25, 0.3) is 0 Å². The van der Waals surface area contributed by atoms with Crippen molar-refractivity contribution >= 4 is 11.7 Å². The third-order valence-corrected chi connectivity index (χ3v) is 5.66. The molecule has 3 rings (SSSR count). The van der Waals surface area contributed by atoms with Crippen LogP contribution in [0.15, 0.2) is 109 Å². The smallest absolute Gasteiger partial charge is 0.332 e. The van der Waals surface area contributed by atoms with E-state index in [1.165, 1.54) is 0 Å². The summed E-state index contributed by atoms with van der Waals surface area (Å²) in [7, 11) is 0. The van der Waals surface area contributed by atoms with Gasteiger partial charge < -0.3 is 9.47 Å². The molecule has 0 heterocycles. The predicted molar refractivity (Wildman–Crippen MR) is 147 cm³/mol. The van der Waals surface area contributed by atoms with Gasteiger partial charge in [0, 0.05) is 23.7 Å². The summed E-state index contributed by atoms with van der Waals surface area (Å²) in [6, 6.07) is 29.3. The average Bonchev–Trinajstić information content (AvgIpc) is 2.88. The van der Waals surface area contributed by atoms with Crippen molar-refractivity contribution in [3.05, 3.63) is 120 Å². The van der Waals surface area contributed by atoms with Gasteiger partial charge in [0.25, 0.3) is 0 Å². The van der Waals surface area contributed by atoms with E-state index in [1.807, 2.05) is 106 Å². The average molecular weight is 484 g/mol. The zero-order valence-corrected chi connectivity index (χ0v) is 21.6. The number of ether oxygens (including phenoxy) is 2. The van der Waals surface area contributed by atoms with Gasteiger partial charge in [-0.15, -0.1) is 6.58 Å². The summed E-state index contributed by atoms with van der Waals surface area (Å²) >= 11 is 0. The van der Waals surface area contributed by atoms with Crippen LogP contribution in [0.2, 0.25) is 0 Å². The number of carbonyl (C=O) groups is 1. The van der Waals surface area contributed by atoms with E-state index >= 15 is 0 Å². The zero-order valence-electron chi connectivity index (χ0n) is 21.6. The molecule has 188 valence electrons. The second-order valence-corrected chi connectivity index (χ2v) is 9.77. The Balaban J connectivity index is 1.83. The Morgan fingerprint density at radius 1 is 0.889 bits per heavy atom. The number of hydrogen-bond donors (Lipinski definition) is 0. The lowest BCUT2D eigenvalue weighted by Gasteiger charge is -2.26. The lowest BCUT2D eigenvalue weighted by atomic mass is 9.93. The molecule has 4 nitrogen and oxygen atoms in total. The van der Waals surface area contributed by atoms with Crippen LogP contribution in [0.3, 0.4) is 0 Å². The third kappa shape index (κ3) is 8.62. The fourth-order valence-corrected chi connectivity index (χ4v) is 3.92. The fourth-order valence-electron chi connectivity index (χ4n) is 3.92. The van der Waals surface area contributed by atoms with Crippen LogP contribution in [0.4, 0.5) is 0 Å². The molecule has 0 saturated heterocycles. The van der Waals surface area contributed by atoms with E-state index in [4.69, 9.17) is 14.5 Å². The van der Waals surface area contributed by atoms with E-state index < -0.39 is 11.6 Å². The van der Waals surface area contributed by atoms with Crippen molar-refractivity contribution in [1.82, 2.24) is 0 Å². The van der Waals surface area contributed by atoms with Crippen LogP contribution in [-0.4, -0.2) is 29.9 Å². The Morgan fingerprint density at radius 2 is 1.42 bits per heavy atom. The van der Waals surface area contributed by atoms with Gasteiger partial charge in [-0.1, -0.05) is 97.1 Å². The van der Waals surface area contributed by atoms with Crippen LogP contribution < -0.4 is 0 Å². The van der Waals surface area contributed by atoms with Crippen molar-refractivity contribution in [2.75, 3.05) is 6.61 Å². The summed E-state index contributed by atoms with van der Waals surface area (Å²) in [6.45, 7) is 10.8. The molecule has 0 fully saturated rings. The maximum absolute atomic E-state index is 13.4. The number of aliphatic imine (C=N–C) groups is 1. The zero-order chi connectivity index (χ0) is 25.8. The van der Waals surface area contributed by atoms with E-state index in [-0.39, 0.29) is 11.9 Å². The number of benzene rings is 3. The van der Waals surface area contributed by atoms with E-state index in [0.717, 1.165) is 28.8 Å². The molecule has 3 aromatic rings. The summed E-state index contributed by atoms with van der Waals surface area (Å²) in [5.41, 5.74) is 3.19. The van der Waals surface area contributed by atoms with Gasteiger partial charge in [-0.2, -0.15) is 0 Å². The van der Waals surface area contributed by atoms with E-state index in [2.05, 4.69) is 18.7 Å². The molecular formula is C32H37NO3. The first kappa shape index (κ1) is 27.1. The molecule has 0 aliphatic rings. The van der Waals surface area contributed by atoms with Crippen molar-refractivity contribution in [3.63, 3.8) is 0 Å². The highest BCUT2D eigenvalue weighted by atomic mass is 16.6. The molecule has 0 aromatic heterocycles. The molecular weight excluding hydrogens is 446 g/mol. The molecule has 36 heavy (non-hydrogen) atoms. The van der Waals surface area contributed by atoms with Gasteiger partial charge in [-0.3, -0.25) is 4.99 Å². The Labute approximate surface area is 215 Å². The minimum absolute atomic E-state index is 0.192. The molecule has 2 atom stereocenters. The van der Waals surface area contributed by atoms with Gasteiger partial charge >= 0.3 is 5.97 Å². The Kier molecular flexibility index (Phi) is 10.2. The maximum atomic E-state index is 13.4. The molecule has 0 spiro atoms. The van der Waals surface area contributed by atoms with Gasteiger partial charge in [-0.25, -0.2) is 4.79 Å². The summed E-state index contributed by atoms with van der Waals surface area (Å²) in [5, 5.41) is 0. The Morgan fingerprint density at radius 3 is 1.92 bits per heavy atom. The molecule has 0 aliphatic heterocycles. The van der Waals surface area contributed by atoms with Crippen LogP contribution >= 0.6 is 0 Å². The molecule has 0 N–H and O–H groups in total. The lowest BCUT2D eigenvalue weighted by molar-refractivity contribution is -0.157. The fraction of sp³-hybridized carbons (Fsp3) is 0.312. The molecule has 0 amide bonds. The largest absolute Gasteiger partial charge is 0.458 e. The van der Waals surface area contributed by atoms with E-state index in [9.17, 15) is 4.79 Å². The topological polar surface area (TPSA) is 47.9 Å². The first-order chi connectivity index (χ1) is 17.4.